The molecule has 3 atom stereocenters. The quantitative estimate of drug-likeness (QED) is 0.563. The molecule has 2 aromatic carbocycles. The van der Waals surface area contributed by atoms with Gasteiger partial charge in [-0.3, -0.25) is 0 Å². The maximum atomic E-state index is 15.5. The van der Waals surface area contributed by atoms with E-state index in [9.17, 15) is 26.3 Å². The zero-order valence-electron chi connectivity index (χ0n) is 18.8. The minimum atomic E-state index is -4.54. The predicted octanol–water partition coefficient (Wildman–Crippen LogP) is 3.41. The summed E-state index contributed by atoms with van der Waals surface area (Å²) in [6.07, 6.45) is -1.67. The molecule has 4 rings (SSSR count). The van der Waals surface area contributed by atoms with E-state index in [-0.39, 0.29) is 34.9 Å². The van der Waals surface area contributed by atoms with Crippen LogP contribution in [0.25, 0.3) is 0 Å². The fourth-order valence-corrected chi connectivity index (χ4v) is 8.25. The number of ether oxygens (including phenoxy) is 2. The lowest BCUT2D eigenvalue weighted by Crippen LogP contribution is -2.67. The van der Waals surface area contributed by atoms with Gasteiger partial charge in [0.05, 0.1) is 28.9 Å². The number of halogens is 3. The fraction of sp³-hybridized carbons (Fsp3) is 0.478. The molecule has 2 aliphatic rings. The molecular formula is C23H25ClF2O7S2. The molecule has 2 aromatic rings. The van der Waals surface area contributed by atoms with Crippen LogP contribution >= 0.6 is 11.6 Å². The van der Waals surface area contributed by atoms with Gasteiger partial charge in [-0.2, -0.15) is 0 Å². The summed E-state index contributed by atoms with van der Waals surface area (Å²) in [4.78, 5) is -0.205. The van der Waals surface area contributed by atoms with E-state index in [4.69, 9.17) is 21.1 Å². The first-order valence-electron chi connectivity index (χ1n) is 11.0. The number of fused-ring (bicyclic) bond motifs is 3. The van der Waals surface area contributed by atoms with E-state index in [1.165, 1.54) is 31.2 Å². The number of hydrogen-bond acceptors (Lipinski definition) is 7. The van der Waals surface area contributed by atoms with Crippen molar-refractivity contribution in [1.29, 1.82) is 0 Å². The van der Waals surface area contributed by atoms with Crippen LogP contribution in [0.2, 0.25) is 5.02 Å². The zero-order valence-corrected chi connectivity index (χ0v) is 21.2. The third kappa shape index (κ3) is 4.25. The minimum absolute atomic E-state index is 0.0411. The van der Waals surface area contributed by atoms with Crippen LogP contribution in [0.4, 0.5) is 8.78 Å². The first-order chi connectivity index (χ1) is 16.4. The lowest BCUT2D eigenvalue weighted by atomic mass is 9.68. The summed E-state index contributed by atoms with van der Waals surface area (Å²) in [5, 5.41) is 10.8. The molecule has 1 fully saturated rings. The molecular weight excluding hydrogens is 526 g/mol. The molecule has 12 heteroatoms. The van der Waals surface area contributed by atoms with Crippen molar-refractivity contribution in [2.24, 2.45) is 0 Å². The lowest BCUT2D eigenvalue weighted by Gasteiger charge is -2.55. The maximum absolute atomic E-state index is 15.5. The molecule has 0 aromatic heterocycles. The van der Waals surface area contributed by atoms with E-state index < -0.39 is 78.0 Å². The van der Waals surface area contributed by atoms with Crippen molar-refractivity contribution in [2.45, 2.75) is 47.5 Å². The summed E-state index contributed by atoms with van der Waals surface area (Å²) in [5.74, 6) is -3.07. The Morgan fingerprint density at radius 2 is 1.77 bits per heavy atom. The molecule has 192 valence electrons. The van der Waals surface area contributed by atoms with Gasteiger partial charge in [0.25, 0.3) is 0 Å². The van der Waals surface area contributed by atoms with Crippen LogP contribution in [-0.4, -0.2) is 58.4 Å². The second-order valence-electron chi connectivity index (χ2n) is 8.78. The van der Waals surface area contributed by atoms with Gasteiger partial charge in [0.2, 0.25) is 0 Å². The molecule has 1 heterocycles. The average molecular weight is 551 g/mol. The Labute approximate surface area is 207 Å². The fourth-order valence-electron chi connectivity index (χ4n) is 5.07. The SMILES string of the molecule is CCS(=O)(=O)CCO[C@@]12COc3c(F)ccc(F)c3[C@]1(S(=O)(=O)c1ccc(Cl)cc1)CC[C@@H](O)C2. The third-order valence-electron chi connectivity index (χ3n) is 6.84. The summed E-state index contributed by atoms with van der Waals surface area (Å²) in [6.45, 7) is 0.512. The number of hydrogen-bond donors (Lipinski definition) is 1. The van der Waals surface area contributed by atoms with Crippen molar-refractivity contribution in [1.82, 2.24) is 0 Å². The van der Waals surface area contributed by atoms with Crippen molar-refractivity contribution in [2.75, 3.05) is 24.7 Å². The summed E-state index contributed by atoms with van der Waals surface area (Å²) >= 11 is 5.94. The Morgan fingerprint density at radius 3 is 2.43 bits per heavy atom. The summed E-state index contributed by atoms with van der Waals surface area (Å²) in [7, 11) is -8.03. The third-order valence-corrected chi connectivity index (χ3v) is 11.3. The Bertz CT molecular complexity index is 1330. The highest BCUT2D eigenvalue weighted by Crippen LogP contribution is 2.59. The highest BCUT2D eigenvalue weighted by atomic mass is 35.5. The smallest absolute Gasteiger partial charge is 0.191 e. The van der Waals surface area contributed by atoms with Crippen molar-refractivity contribution >= 4 is 31.3 Å². The summed E-state index contributed by atoms with van der Waals surface area (Å²) < 4.78 is 92.5. The van der Waals surface area contributed by atoms with E-state index in [2.05, 4.69) is 0 Å². The molecule has 0 unspecified atom stereocenters. The topological polar surface area (TPSA) is 107 Å². The van der Waals surface area contributed by atoms with Crippen molar-refractivity contribution in [3.63, 3.8) is 0 Å². The van der Waals surface area contributed by atoms with Gasteiger partial charge in [-0.05, 0) is 49.2 Å². The first kappa shape index (κ1) is 26.3. The zero-order chi connectivity index (χ0) is 25.6. The van der Waals surface area contributed by atoms with Crippen LogP contribution < -0.4 is 4.74 Å². The van der Waals surface area contributed by atoms with Crippen LogP contribution in [-0.2, 0) is 29.2 Å². The molecule has 1 aliphatic carbocycles. The summed E-state index contributed by atoms with van der Waals surface area (Å²) in [5.41, 5.74) is -2.42. The van der Waals surface area contributed by atoms with E-state index in [1.54, 1.807) is 0 Å². The molecule has 0 bridgehead atoms. The van der Waals surface area contributed by atoms with Gasteiger partial charge < -0.3 is 14.6 Å². The van der Waals surface area contributed by atoms with E-state index >= 15 is 4.39 Å². The van der Waals surface area contributed by atoms with Gasteiger partial charge >= 0.3 is 0 Å². The second-order valence-corrected chi connectivity index (χ2v) is 13.9. The van der Waals surface area contributed by atoms with Crippen molar-refractivity contribution < 1.29 is 40.2 Å². The minimum Gasteiger partial charge on any atom is -0.487 e. The number of rotatable bonds is 7. The monoisotopic (exact) mass is 550 g/mol. The Kier molecular flexibility index (Phi) is 6.95. The number of aliphatic hydroxyl groups excluding tert-OH is 1. The first-order valence-corrected chi connectivity index (χ1v) is 14.7. The number of benzene rings is 2. The van der Waals surface area contributed by atoms with E-state index in [1.807, 2.05) is 0 Å². The Hall–Kier alpha value is -1.79. The summed E-state index contributed by atoms with van der Waals surface area (Å²) in [6, 6.07) is 6.91. The normalized spacial score (nSPS) is 26.5. The van der Waals surface area contributed by atoms with Crippen molar-refractivity contribution in [3.05, 3.63) is 58.6 Å². The molecule has 7 nitrogen and oxygen atoms in total. The molecule has 1 aliphatic heterocycles. The molecule has 35 heavy (non-hydrogen) atoms. The Balaban J connectivity index is 1.99. The lowest BCUT2D eigenvalue weighted by molar-refractivity contribution is -0.150. The van der Waals surface area contributed by atoms with Gasteiger partial charge in [-0.15, -0.1) is 0 Å². The van der Waals surface area contributed by atoms with E-state index in [0.717, 1.165) is 12.1 Å². The van der Waals surface area contributed by atoms with Crippen molar-refractivity contribution in [3.8, 4) is 5.75 Å². The largest absolute Gasteiger partial charge is 0.487 e. The number of sulfone groups is 2. The Morgan fingerprint density at radius 1 is 1.11 bits per heavy atom. The van der Waals surface area contributed by atoms with Gasteiger partial charge in [-0.1, -0.05) is 18.5 Å². The van der Waals surface area contributed by atoms with Gasteiger partial charge in [0.15, 0.2) is 31.2 Å². The average Bonchev–Trinajstić information content (AvgIpc) is 2.80. The highest BCUT2D eigenvalue weighted by Gasteiger charge is 2.69. The molecule has 1 N–H and O–H groups in total. The predicted molar refractivity (Wildman–Crippen MR) is 125 cm³/mol. The van der Waals surface area contributed by atoms with E-state index in [0.29, 0.717) is 0 Å². The van der Waals surface area contributed by atoms with Crippen LogP contribution in [0.5, 0.6) is 5.75 Å². The second kappa shape index (κ2) is 9.26. The van der Waals surface area contributed by atoms with Crippen LogP contribution in [0.15, 0.2) is 41.3 Å². The number of aliphatic hydroxyl groups is 1. The maximum Gasteiger partial charge on any atom is 0.191 e. The van der Waals surface area contributed by atoms with Gasteiger partial charge in [0, 0.05) is 17.2 Å². The van der Waals surface area contributed by atoms with Crippen LogP contribution in [0.3, 0.4) is 0 Å². The van der Waals surface area contributed by atoms with Gasteiger partial charge in [-0.25, -0.2) is 25.6 Å². The molecule has 0 spiro atoms. The van der Waals surface area contributed by atoms with Crippen LogP contribution in [0, 0.1) is 11.6 Å². The van der Waals surface area contributed by atoms with Gasteiger partial charge in [0.1, 0.15) is 22.8 Å². The molecule has 0 radical (unpaired) electrons. The molecule has 0 saturated heterocycles. The molecule has 0 amide bonds. The molecule has 1 saturated carbocycles. The highest BCUT2D eigenvalue weighted by molar-refractivity contribution is 7.92. The van der Waals surface area contributed by atoms with Crippen LogP contribution in [0.1, 0.15) is 31.7 Å². The standard InChI is InChI=1S/C23H25ClF2O7S2/c1-2-34(28,29)12-11-33-22-13-16(27)9-10-23(22,35(30,31)17-5-3-15(24)4-6-17)20-18(25)7-8-19(26)21(20)32-14-22/h3-8,16,27H,2,9-14H2,1H3/t16-,22+,23-/m1/s1.